The molecule has 0 unspecified atom stereocenters. The number of nitrogens with one attached hydrogen (secondary N) is 2. The fraction of sp³-hybridized carbons (Fsp3) is 0.333. The standard InChI is InChI=1S/C12H15N3O3S/c1-3-14-12(16)9(2)15-19(17,18)11-6-4-10(8-13)5-7-11/h4-7,9,15H,3H2,1-2H3,(H,14,16)/t9-/m1/s1. The predicted octanol–water partition coefficient (Wildman–Crippen LogP) is 0.361. The van der Waals surface area contributed by atoms with Gasteiger partial charge in [-0.05, 0) is 38.1 Å². The molecule has 0 fully saturated rings. The Labute approximate surface area is 112 Å². The Morgan fingerprint density at radius 2 is 1.95 bits per heavy atom. The van der Waals surface area contributed by atoms with Crippen molar-refractivity contribution in [1.82, 2.24) is 10.0 Å². The minimum atomic E-state index is -3.77. The van der Waals surface area contributed by atoms with Crippen molar-refractivity contribution in [2.75, 3.05) is 6.54 Å². The third-order valence-electron chi connectivity index (χ3n) is 2.37. The quantitative estimate of drug-likeness (QED) is 0.814. The average Bonchev–Trinajstić information content (AvgIpc) is 2.38. The van der Waals surface area contributed by atoms with Gasteiger partial charge in [-0.15, -0.1) is 0 Å². The highest BCUT2D eigenvalue weighted by Gasteiger charge is 2.21. The van der Waals surface area contributed by atoms with Gasteiger partial charge in [-0.1, -0.05) is 0 Å². The minimum absolute atomic E-state index is 0.0163. The van der Waals surface area contributed by atoms with Gasteiger partial charge in [-0.25, -0.2) is 8.42 Å². The third-order valence-corrected chi connectivity index (χ3v) is 3.93. The van der Waals surface area contributed by atoms with E-state index in [0.29, 0.717) is 12.1 Å². The lowest BCUT2D eigenvalue weighted by Crippen LogP contribution is -2.44. The van der Waals surface area contributed by atoms with Crippen LogP contribution < -0.4 is 10.0 Å². The van der Waals surface area contributed by atoms with Gasteiger partial charge in [-0.3, -0.25) is 4.79 Å². The van der Waals surface area contributed by atoms with Gasteiger partial charge in [0.05, 0.1) is 22.6 Å². The zero-order chi connectivity index (χ0) is 14.5. The summed E-state index contributed by atoms with van der Waals surface area (Å²) in [6.07, 6.45) is 0. The summed E-state index contributed by atoms with van der Waals surface area (Å²) in [4.78, 5) is 11.5. The molecule has 0 saturated carbocycles. The number of likely N-dealkylation sites (N-methyl/N-ethyl adjacent to an activating group) is 1. The maximum atomic E-state index is 12.0. The zero-order valence-corrected chi connectivity index (χ0v) is 11.5. The van der Waals surface area contributed by atoms with Gasteiger partial charge in [-0.2, -0.15) is 9.98 Å². The predicted molar refractivity (Wildman–Crippen MR) is 69.6 cm³/mol. The monoisotopic (exact) mass is 281 g/mol. The van der Waals surface area contributed by atoms with Crippen LogP contribution in [-0.4, -0.2) is 26.9 Å². The van der Waals surface area contributed by atoms with E-state index in [-0.39, 0.29) is 10.8 Å². The molecule has 1 rings (SSSR count). The second-order valence-electron chi connectivity index (χ2n) is 3.87. The first kappa shape index (κ1) is 15.1. The van der Waals surface area contributed by atoms with Crippen LogP contribution in [0.5, 0.6) is 0 Å². The molecule has 0 aliphatic rings. The Hall–Kier alpha value is -1.91. The fourth-order valence-electron chi connectivity index (χ4n) is 1.39. The minimum Gasteiger partial charge on any atom is -0.355 e. The molecule has 0 aromatic heterocycles. The van der Waals surface area contributed by atoms with Crippen LogP contribution in [0.1, 0.15) is 19.4 Å². The summed E-state index contributed by atoms with van der Waals surface area (Å²) >= 11 is 0. The van der Waals surface area contributed by atoms with Crippen LogP contribution >= 0.6 is 0 Å². The summed E-state index contributed by atoms with van der Waals surface area (Å²) in [6.45, 7) is 3.65. The molecule has 1 atom stereocenters. The van der Waals surface area contributed by atoms with Crippen molar-refractivity contribution in [2.45, 2.75) is 24.8 Å². The first-order valence-corrected chi connectivity index (χ1v) is 7.19. The van der Waals surface area contributed by atoms with Gasteiger partial charge < -0.3 is 5.32 Å². The maximum absolute atomic E-state index is 12.0. The Kier molecular flexibility index (Phi) is 5.03. The van der Waals surface area contributed by atoms with Gasteiger partial charge in [0.25, 0.3) is 0 Å². The molecule has 0 bridgehead atoms. The van der Waals surface area contributed by atoms with Crippen molar-refractivity contribution < 1.29 is 13.2 Å². The lowest BCUT2D eigenvalue weighted by Gasteiger charge is -2.13. The van der Waals surface area contributed by atoms with Crippen LogP contribution in [-0.2, 0) is 14.8 Å². The molecule has 0 spiro atoms. The molecule has 0 saturated heterocycles. The largest absolute Gasteiger partial charge is 0.355 e. The van der Waals surface area contributed by atoms with Crippen molar-refractivity contribution in [3.63, 3.8) is 0 Å². The number of nitriles is 1. The SMILES string of the molecule is CCNC(=O)[C@@H](C)NS(=O)(=O)c1ccc(C#N)cc1. The molecule has 0 aliphatic carbocycles. The van der Waals surface area contributed by atoms with E-state index >= 15 is 0 Å². The van der Waals surface area contributed by atoms with Crippen LogP contribution in [0.25, 0.3) is 0 Å². The van der Waals surface area contributed by atoms with Gasteiger partial charge in [0.15, 0.2) is 0 Å². The Morgan fingerprint density at radius 1 is 1.37 bits per heavy atom. The molecule has 102 valence electrons. The number of carbonyl (C=O) groups excluding carboxylic acids is 1. The number of sulfonamides is 1. The van der Waals surface area contributed by atoms with Crippen molar-refractivity contribution in [1.29, 1.82) is 5.26 Å². The molecule has 1 aromatic rings. The van der Waals surface area contributed by atoms with Crippen LogP contribution in [0.3, 0.4) is 0 Å². The van der Waals surface area contributed by atoms with Crippen LogP contribution in [0.4, 0.5) is 0 Å². The smallest absolute Gasteiger partial charge is 0.241 e. The zero-order valence-electron chi connectivity index (χ0n) is 10.7. The third kappa shape index (κ3) is 4.05. The first-order chi connectivity index (χ1) is 8.90. The number of hydrogen-bond acceptors (Lipinski definition) is 4. The summed E-state index contributed by atoms with van der Waals surface area (Å²) in [5, 5.41) is 11.2. The molecular weight excluding hydrogens is 266 g/mol. The average molecular weight is 281 g/mol. The van der Waals surface area contributed by atoms with Crippen molar-refractivity contribution in [2.24, 2.45) is 0 Å². The Balaban J connectivity index is 2.86. The van der Waals surface area contributed by atoms with E-state index in [9.17, 15) is 13.2 Å². The molecule has 6 nitrogen and oxygen atoms in total. The normalized spacial score (nSPS) is 12.5. The molecule has 1 amide bonds. The Morgan fingerprint density at radius 3 is 2.42 bits per heavy atom. The highest BCUT2D eigenvalue weighted by molar-refractivity contribution is 7.89. The van der Waals surface area contributed by atoms with Crippen LogP contribution in [0.15, 0.2) is 29.2 Å². The molecule has 0 aliphatic heterocycles. The van der Waals surface area contributed by atoms with Crippen molar-refractivity contribution in [3.8, 4) is 6.07 Å². The molecule has 0 radical (unpaired) electrons. The Bertz CT molecular complexity index is 588. The molecule has 1 aromatic carbocycles. The van der Waals surface area contributed by atoms with Gasteiger partial charge >= 0.3 is 0 Å². The number of benzene rings is 1. The van der Waals surface area contributed by atoms with Gasteiger partial charge in [0.1, 0.15) is 0 Å². The summed E-state index contributed by atoms with van der Waals surface area (Å²) in [5.41, 5.74) is 0.371. The summed E-state index contributed by atoms with van der Waals surface area (Å²) < 4.78 is 26.2. The van der Waals surface area contributed by atoms with E-state index < -0.39 is 16.1 Å². The van der Waals surface area contributed by atoms with E-state index in [1.807, 2.05) is 6.07 Å². The van der Waals surface area contributed by atoms with Crippen molar-refractivity contribution >= 4 is 15.9 Å². The van der Waals surface area contributed by atoms with E-state index in [0.717, 1.165) is 0 Å². The van der Waals surface area contributed by atoms with E-state index in [4.69, 9.17) is 5.26 Å². The van der Waals surface area contributed by atoms with E-state index in [1.54, 1.807) is 6.92 Å². The van der Waals surface area contributed by atoms with Gasteiger partial charge in [0, 0.05) is 6.54 Å². The molecular formula is C12H15N3O3S. The number of carbonyl (C=O) groups is 1. The number of rotatable bonds is 5. The van der Waals surface area contributed by atoms with Crippen LogP contribution in [0.2, 0.25) is 0 Å². The summed E-state index contributed by atoms with van der Waals surface area (Å²) in [7, 11) is -3.77. The number of nitrogens with zero attached hydrogens (tertiary/aromatic N) is 1. The number of hydrogen-bond donors (Lipinski definition) is 2. The summed E-state index contributed by atoms with van der Waals surface area (Å²) in [6, 6.07) is 6.51. The molecule has 19 heavy (non-hydrogen) atoms. The number of amides is 1. The molecule has 2 N–H and O–H groups in total. The van der Waals surface area contributed by atoms with Crippen molar-refractivity contribution in [3.05, 3.63) is 29.8 Å². The second kappa shape index (κ2) is 6.31. The second-order valence-corrected chi connectivity index (χ2v) is 5.59. The highest BCUT2D eigenvalue weighted by atomic mass is 32.2. The topological polar surface area (TPSA) is 99.1 Å². The van der Waals surface area contributed by atoms with Gasteiger partial charge in [0.2, 0.25) is 15.9 Å². The molecule has 7 heteroatoms. The maximum Gasteiger partial charge on any atom is 0.241 e. The van der Waals surface area contributed by atoms with E-state index in [1.165, 1.54) is 31.2 Å². The lowest BCUT2D eigenvalue weighted by atomic mass is 10.2. The van der Waals surface area contributed by atoms with E-state index in [2.05, 4.69) is 10.0 Å². The first-order valence-electron chi connectivity index (χ1n) is 5.71. The fourth-order valence-corrected chi connectivity index (χ4v) is 2.59. The summed E-state index contributed by atoms with van der Waals surface area (Å²) in [5.74, 6) is -0.389. The lowest BCUT2D eigenvalue weighted by molar-refractivity contribution is -0.122. The molecule has 0 heterocycles. The highest BCUT2D eigenvalue weighted by Crippen LogP contribution is 2.10. The van der Waals surface area contributed by atoms with Crippen LogP contribution in [0, 0.1) is 11.3 Å².